The van der Waals surface area contributed by atoms with Gasteiger partial charge in [-0.25, -0.2) is 0 Å². The maximum atomic E-state index is 12.0. The Balaban J connectivity index is 2.37. The number of rotatable bonds is 6. The van der Waals surface area contributed by atoms with E-state index in [1.165, 1.54) is 0 Å². The summed E-state index contributed by atoms with van der Waals surface area (Å²) in [7, 11) is 5.95. The monoisotopic (exact) mass is 266 g/mol. The molecule has 3 nitrogen and oxygen atoms in total. The van der Waals surface area contributed by atoms with Crippen molar-refractivity contribution in [3.63, 3.8) is 0 Å². The molecular formula is C14H22N2OS. The molecule has 1 aromatic carbocycles. The van der Waals surface area contributed by atoms with Crippen molar-refractivity contribution < 1.29 is 4.79 Å². The summed E-state index contributed by atoms with van der Waals surface area (Å²) in [4.78, 5) is 16.8. The van der Waals surface area contributed by atoms with Crippen molar-refractivity contribution >= 4 is 18.5 Å². The lowest BCUT2D eigenvalue weighted by Crippen LogP contribution is -2.30. The van der Waals surface area contributed by atoms with Gasteiger partial charge < -0.3 is 9.80 Å². The second-order valence-corrected chi connectivity index (χ2v) is 5.33. The Bertz CT molecular complexity index is 376. The number of thiol groups is 1. The van der Waals surface area contributed by atoms with E-state index in [4.69, 9.17) is 0 Å². The van der Waals surface area contributed by atoms with E-state index in [0.29, 0.717) is 6.42 Å². The van der Waals surface area contributed by atoms with E-state index < -0.39 is 0 Å². The quantitative estimate of drug-likeness (QED) is 0.795. The average molecular weight is 266 g/mol. The van der Waals surface area contributed by atoms with Gasteiger partial charge in [0.1, 0.15) is 0 Å². The molecule has 0 fully saturated rings. The summed E-state index contributed by atoms with van der Waals surface area (Å²) in [5.41, 5.74) is 1.04. The molecule has 1 aromatic rings. The van der Waals surface area contributed by atoms with Gasteiger partial charge in [-0.2, -0.15) is 0 Å². The zero-order valence-corrected chi connectivity index (χ0v) is 12.3. The van der Waals surface area contributed by atoms with E-state index in [2.05, 4.69) is 17.5 Å². The van der Waals surface area contributed by atoms with Crippen LogP contribution in [0.1, 0.15) is 12.0 Å². The molecule has 0 spiro atoms. The van der Waals surface area contributed by atoms with Gasteiger partial charge in [-0.3, -0.25) is 4.79 Å². The summed E-state index contributed by atoms with van der Waals surface area (Å²) < 4.78 is 0. The number of carbonyl (C=O) groups excluding carboxylic acids is 1. The van der Waals surface area contributed by atoms with E-state index in [1.54, 1.807) is 4.90 Å². The molecule has 0 heterocycles. The van der Waals surface area contributed by atoms with Crippen molar-refractivity contribution in [1.29, 1.82) is 0 Å². The van der Waals surface area contributed by atoms with Gasteiger partial charge in [-0.15, -0.1) is 12.6 Å². The topological polar surface area (TPSA) is 23.6 Å². The fourth-order valence-corrected chi connectivity index (χ4v) is 1.82. The Labute approximate surface area is 115 Å². The number of amides is 1. The molecule has 0 N–H and O–H groups in total. The summed E-state index contributed by atoms with van der Waals surface area (Å²) in [5, 5.41) is 0. The largest absolute Gasteiger partial charge is 0.345 e. The molecule has 1 rings (SSSR count). The van der Waals surface area contributed by atoms with Crippen LogP contribution in [0.25, 0.3) is 0 Å². The van der Waals surface area contributed by atoms with Gasteiger partial charge in [0, 0.05) is 18.5 Å². The van der Waals surface area contributed by atoms with E-state index in [1.807, 2.05) is 45.4 Å². The van der Waals surface area contributed by atoms with Crippen molar-refractivity contribution in [3.8, 4) is 0 Å². The number of carbonyl (C=O) groups is 1. The summed E-state index contributed by atoms with van der Waals surface area (Å²) >= 11 is 4.23. The lowest BCUT2D eigenvalue weighted by molar-refractivity contribution is -0.129. The smallest absolute Gasteiger partial charge is 0.226 e. The zero-order chi connectivity index (χ0) is 13.5. The highest BCUT2D eigenvalue weighted by atomic mass is 32.1. The molecule has 0 unspecified atom stereocenters. The minimum absolute atomic E-state index is 0.167. The molecule has 0 radical (unpaired) electrons. The molecular weight excluding hydrogens is 244 g/mol. The van der Waals surface area contributed by atoms with Crippen molar-refractivity contribution in [1.82, 2.24) is 9.80 Å². The molecule has 1 amide bonds. The third kappa shape index (κ3) is 5.56. The molecule has 18 heavy (non-hydrogen) atoms. The van der Waals surface area contributed by atoms with E-state index in [0.717, 1.165) is 30.0 Å². The highest BCUT2D eigenvalue weighted by molar-refractivity contribution is 7.80. The van der Waals surface area contributed by atoms with E-state index in [-0.39, 0.29) is 5.91 Å². The van der Waals surface area contributed by atoms with Crippen LogP contribution < -0.4 is 0 Å². The number of hydrogen-bond donors (Lipinski definition) is 1. The van der Waals surface area contributed by atoms with Gasteiger partial charge in [-0.1, -0.05) is 12.1 Å². The van der Waals surface area contributed by atoms with Gasteiger partial charge in [-0.05, 0) is 44.8 Å². The van der Waals surface area contributed by atoms with Crippen LogP contribution in [0.2, 0.25) is 0 Å². The highest BCUT2D eigenvalue weighted by Gasteiger charge is 2.09. The van der Waals surface area contributed by atoms with Gasteiger partial charge in [0.25, 0.3) is 0 Å². The Morgan fingerprint density at radius 1 is 1.11 bits per heavy atom. The molecule has 0 atom stereocenters. The van der Waals surface area contributed by atoms with Gasteiger partial charge in [0.05, 0.1) is 6.42 Å². The first kappa shape index (κ1) is 15.1. The molecule has 0 aromatic heterocycles. The van der Waals surface area contributed by atoms with Crippen LogP contribution in [0.15, 0.2) is 29.2 Å². The van der Waals surface area contributed by atoms with Gasteiger partial charge in [0.2, 0.25) is 5.91 Å². The Hall–Kier alpha value is -1.00. The molecule has 0 aliphatic carbocycles. The molecule has 0 aliphatic heterocycles. The Morgan fingerprint density at radius 3 is 2.28 bits per heavy atom. The van der Waals surface area contributed by atoms with E-state index in [9.17, 15) is 4.79 Å². The second-order valence-electron chi connectivity index (χ2n) is 4.82. The predicted molar refractivity (Wildman–Crippen MR) is 78.2 cm³/mol. The van der Waals surface area contributed by atoms with Gasteiger partial charge in [0.15, 0.2) is 0 Å². The Kier molecular flexibility index (Phi) is 6.22. The fraction of sp³-hybridized carbons (Fsp3) is 0.500. The first-order chi connectivity index (χ1) is 8.49. The Morgan fingerprint density at radius 2 is 1.72 bits per heavy atom. The van der Waals surface area contributed by atoms with Crippen molar-refractivity contribution in [2.75, 3.05) is 34.2 Å². The minimum atomic E-state index is 0.167. The molecule has 100 valence electrons. The predicted octanol–water partition coefficient (Wildman–Crippen LogP) is 1.93. The number of hydrogen-bond acceptors (Lipinski definition) is 3. The third-order valence-electron chi connectivity index (χ3n) is 2.82. The van der Waals surface area contributed by atoms with Crippen molar-refractivity contribution in [2.24, 2.45) is 0 Å². The highest BCUT2D eigenvalue weighted by Crippen LogP contribution is 2.09. The van der Waals surface area contributed by atoms with Crippen molar-refractivity contribution in [2.45, 2.75) is 17.7 Å². The number of nitrogens with zero attached hydrogens (tertiary/aromatic N) is 2. The zero-order valence-electron chi connectivity index (χ0n) is 11.4. The van der Waals surface area contributed by atoms with Crippen LogP contribution in [0, 0.1) is 0 Å². The maximum Gasteiger partial charge on any atom is 0.226 e. The lowest BCUT2D eigenvalue weighted by Gasteiger charge is -2.18. The van der Waals surface area contributed by atoms with Crippen LogP contribution in [-0.4, -0.2) is 49.9 Å². The molecule has 0 saturated heterocycles. The number of benzene rings is 1. The average Bonchev–Trinajstić information content (AvgIpc) is 2.31. The molecule has 0 aliphatic rings. The maximum absolute atomic E-state index is 12.0. The van der Waals surface area contributed by atoms with Crippen molar-refractivity contribution in [3.05, 3.63) is 29.8 Å². The van der Waals surface area contributed by atoms with E-state index >= 15 is 0 Å². The second kappa shape index (κ2) is 7.44. The van der Waals surface area contributed by atoms with Crippen LogP contribution in [0.3, 0.4) is 0 Å². The van der Waals surface area contributed by atoms with Gasteiger partial charge >= 0.3 is 0 Å². The van der Waals surface area contributed by atoms with Crippen LogP contribution >= 0.6 is 12.6 Å². The normalized spacial score (nSPS) is 10.7. The summed E-state index contributed by atoms with van der Waals surface area (Å²) in [6, 6.07) is 7.73. The first-order valence-corrected chi connectivity index (χ1v) is 6.60. The SMILES string of the molecule is CN(C)CCCN(C)C(=O)Cc1ccc(S)cc1. The van der Waals surface area contributed by atoms with Crippen LogP contribution in [0.5, 0.6) is 0 Å². The summed E-state index contributed by atoms with van der Waals surface area (Å²) in [5.74, 6) is 0.167. The third-order valence-corrected chi connectivity index (χ3v) is 3.11. The molecule has 4 heteroatoms. The lowest BCUT2D eigenvalue weighted by atomic mass is 10.1. The van der Waals surface area contributed by atoms with Crippen LogP contribution in [0.4, 0.5) is 0 Å². The summed E-state index contributed by atoms with van der Waals surface area (Å²) in [6.07, 6.45) is 1.47. The first-order valence-electron chi connectivity index (χ1n) is 6.15. The van der Waals surface area contributed by atoms with Crippen LogP contribution in [-0.2, 0) is 11.2 Å². The molecule has 0 saturated carbocycles. The minimum Gasteiger partial charge on any atom is -0.345 e. The number of likely N-dealkylation sites (N-methyl/N-ethyl adjacent to an activating group) is 1. The molecule has 0 bridgehead atoms. The summed E-state index contributed by atoms with van der Waals surface area (Å²) in [6.45, 7) is 1.81. The standard InChI is InChI=1S/C14H22N2OS/c1-15(2)9-4-10-16(3)14(17)11-12-5-7-13(18)8-6-12/h5-8,18H,4,9-11H2,1-3H3. The fourth-order valence-electron chi connectivity index (χ4n) is 1.67.